The van der Waals surface area contributed by atoms with Gasteiger partial charge in [0, 0.05) is 12.1 Å². The summed E-state index contributed by atoms with van der Waals surface area (Å²) >= 11 is 3.49. The lowest BCUT2D eigenvalue weighted by molar-refractivity contribution is 0.310. The van der Waals surface area contributed by atoms with Crippen molar-refractivity contribution >= 4 is 21.6 Å². The smallest absolute Gasteiger partial charge is 0.283 e. The molecule has 0 spiro atoms. The lowest BCUT2D eigenvalue weighted by atomic mass is 9.98. The molecule has 0 aliphatic rings. The number of ether oxygens (including phenoxy) is 3. The molecule has 2 N–H and O–H groups in total. The lowest BCUT2D eigenvalue weighted by Gasteiger charge is -2.16. The highest BCUT2D eigenvalue weighted by molar-refractivity contribution is 9.10. The third-order valence-corrected chi connectivity index (χ3v) is 7.19. The molecular weight excluding hydrogens is 602 g/mol. The summed E-state index contributed by atoms with van der Waals surface area (Å²) in [6, 6.07) is 21.5. The average molecular weight is 633 g/mol. The zero-order valence-electron chi connectivity index (χ0n) is 23.4. The van der Waals surface area contributed by atoms with Crippen molar-refractivity contribution < 1.29 is 14.2 Å². The number of aromatic nitrogens is 6. The highest BCUT2D eigenvalue weighted by Gasteiger charge is 2.18. The minimum Gasteiger partial charge on any atom is -0.493 e. The Hall–Kier alpha value is -4.71. The van der Waals surface area contributed by atoms with Gasteiger partial charge in [-0.15, -0.1) is 15.3 Å². The molecule has 216 valence electrons. The van der Waals surface area contributed by atoms with Crippen LogP contribution in [0.4, 0.5) is 5.69 Å². The van der Waals surface area contributed by atoms with Crippen molar-refractivity contribution in [2.75, 3.05) is 25.6 Å². The van der Waals surface area contributed by atoms with Crippen LogP contribution in [0.15, 0.2) is 76.0 Å². The van der Waals surface area contributed by atoms with Crippen molar-refractivity contribution in [3.8, 4) is 39.9 Å². The predicted octanol–water partition coefficient (Wildman–Crippen LogP) is 5.32. The Bertz CT molecular complexity index is 1710. The highest BCUT2D eigenvalue weighted by atomic mass is 79.9. The van der Waals surface area contributed by atoms with Gasteiger partial charge >= 0.3 is 0 Å². The number of H-pyrrole nitrogens is 1. The van der Waals surface area contributed by atoms with E-state index in [4.69, 9.17) is 14.2 Å². The molecule has 0 atom stereocenters. The van der Waals surface area contributed by atoms with E-state index in [1.54, 1.807) is 7.11 Å². The van der Waals surface area contributed by atoms with Crippen molar-refractivity contribution in [1.29, 1.82) is 0 Å². The highest BCUT2D eigenvalue weighted by Crippen LogP contribution is 2.32. The van der Waals surface area contributed by atoms with Crippen molar-refractivity contribution in [2.45, 2.75) is 26.9 Å². The van der Waals surface area contributed by atoms with E-state index >= 15 is 0 Å². The quantitative estimate of drug-likeness (QED) is 0.188. The van der Waals surface area contributed by atoms with Crippen molar-refractivity contribution in [3.05, 3.63) is 92.7 Å². The minimum atomic E-state index is -0.280. The second kappa shape index (κ2) is 13.3. The molecule has 11 nitrogen and oxygen atoms in total. The van der Waals surface area contributed by atoms with E-state index in [2.05, 4.69) is 47.0 Å². The van der Waals surface area contributed by atoms with Crippen LogP contribution in [0.5, 0.6) is 17.4 Å². The fourth-order valence-corrected chi connectivity index (χ4v) is 4.99. The van der Waals surface area contributed by atoms with Crippen LogP contribution >= 0.6 is 15.9 Å². The van der Waals surface area contributed by atoms with Gasteiger partial charge in [-0.1, -0.05) is 54.6 Å². The van der Waals surface area contributed by atoms with Crippen molar-refractivity contribution in [1.82, 2.24) is 30.4 Å². The number of benzene rings is 3. The summed E-state index contributed by atoms with van der Waals surface area (Å²) in [6.45, 7) is 5.38. The van der Waals surface area contributed by atoms with E-state index in [0.717, 1.165) is 27.8 Å². The van der Waals surface area contributed by atoms with Crippen molar-refractivity contribution in [2.24, 2.45) is 0 Å². The SMILES string of the molecule is CCOc1cc(CNc2c(OCC)nn(Cc3ccc(-c4ccccc4-c4nn[nH]n4)cc3)c(=O)c2Br)ccc1OC. The van der Waals surface area contributed by atoms with E-state index in [-0.39, 0.29) is 12.1 Å². The molecule has 2 heterocycles. The predicted molar refractivity (Wildman–Crippen MR) is 163 cm³/mol. The number of methoxy groups -OCH3 is 1. The summed E-state index contributed by atoms with van der Waals surface area (Å²) in [4.78, 5) is 13.3. The molecule has 5 rings (SSSR count). The van der Waals surface area contributed by atoms with Gasteiger partial charge in [-0.05, 0) is 69.4 Å². The molecule has 0 aliphatic carbocycles. The van der Waals surface area contributed by atoms with Crippen LogP contribution in [0.1, 0.15) is 25.0 Å². The molecule has 3 aromatic carbocycles. The van der Waals surface area contributed by atoms with E-state index in [9.17, 15) is 4.79 Å². The third-order valence-electron chi connectivity index (χ3n) is 6.46. The largest absolute Gasteiger partial charge is 0.493 e. The van der Waals surface area contributed by atoms with Gasteiger partial charge < -0.3 is 19.5 Å². The number of anilines is 1. The number of hydrogen-bond acceptors (Lipinski definition) is 9. The lowest BCUT2D eigenvalue weighted by Crippen LogP contribution is -2.26. The Labute approximate surface area is 251 Å². The van der Waals surface area contributed by atoms with Crippen LogP contribution in [0, 0.1) is 0 Å². The van der Waals surface area contributed by atoms with Crippen LogP contribution in [0.3, 0.4) is 0 Å². The van der Waals surface area contributed by atoms with Crippen LogP contribution in [-0.2, 0) is 13.1 Å². The number of nitrogens with zero attached hydrogens (tertiary/aromatic N) is 5. The average Bonchev–Trinajstić information content (AvgIpc) is 3.56. The molecule has 0 saturated heterocycles. The maximum atomic E-state index is 13.3. The molecule has 42 heavy (non-hydrogen) atoms. The molecule has 0 amide bonds. The van der Waals surface area contributed by atoms with E-state index in [0.29, 0.717) is 53.1 Å². The van der Waals surface area contributed by atoms with E-state index < -0.39 is 0 Å². The molecule has 0 unspecified atom stereocenters. The molecule has 12 heteroatoms. The molecule has 0 bridgehead atoms. The number of halogens is 1. The van der Waals surface area contributed by atoms with Crippen LogP contribution in [-0.4, -0.2) is 50.7 Å². The van der Waals surface area contributed by atoms with Crippen LogP contribution in [0.2, 0.25) is 0 Å². The molecule has 0 saturated carbocycles. The number of hydrogen-bond donors (Lipinski definition) is 2. The first-order chi connectivity index (χ1) is 20.5. The number of rotatable bonds is 12. The standard InChI is InChI=1S/C30H30BrN7O4/c1-4-41-25-16-20(12-15-24(25)40-3)17-32-27-26(31)30(39)38(35-29(27)42-5-2)18-19-10-13-21(14-11-19)22-8-6-7-9-23(22)28-33-36-37-34-28/h6-16,32H,4-5,17-18H2,1-3H3,(H,33,34,36,37). The monoisotopic (exact) mass is 631 g/mol. The Morgan fingerprint density at radius 3 is 2.36 bits per heavy atom. The van der Waals surface area contributed by atoms with Gasteiger partial charge in [0.05, 0.1) is 26.9 Å². The Morgan fingerprint density at radius 1 is 0.929 bits per heavy atom. The number of nitrogens with one attached hydrogen (secondary N) is 2. The second-order valence-electron chi connectivity index (χ2n) is 9.14. The zero-order valence-corrected chi connectivity index (χ0v) is 25.0. The molecule has 2 aromatic heterocycles. The van der Waals surface area contributed by atoms with Gasteiger partial charge in [0.15, 0.2) is 11.5 Å². The molecular formula is C30H30BrN7O4. The molecule has 0 radical (unpaired) electrons. The van der Waals surface area contributed by atoms with Gasteiger partial charge in [-0.2, -0.15) is 5.21 Å². The molecule has 5 aromatic rings. The van der Waals surface area contributed by atoms with Gasteiger partial charge in [-0.3, -0.25) is 4.79 Å². The first kappa shape index (κ1) is 28.8. The second-order valence-corrected chi connectivity index (χ2v) is 9.93. The number of aromatic amines is 1. The minimum absolute atomic E-state index is 0.265. The first-order valence-corrected chi connectivity index (χ1v) is 14.2. The summed E-state index contributed by atoms with van der Waals surface area (Å²) in [5.41, 5.74) is 4.89. The van der Waals surface area contributed by atoms with Gasteiger partial charge in [0.1, 0.15) is 10.2 Å². The maximum Gasteiger partial charge on any atom is 0.283 e. The van der Waals surface area contributed by atoms with Crippen molar-refractivity contribution in [3.63, 3.8) is 0 Å². The first-order valence-electron chi connectivity index (χ1n) is 13.4. The summed E-state index contributed by atoms with van der Waals surface area (Å²) in [5.74, 6) is 2.16. The van der Waals surface area contributed by atoms with Gasteiger partial charge in [-0.25, -0.2) is 4.68 Å². The van der Waals surface area contributed by atoms with Gasteiger partial charge in [0.2, 0.25) is 5.82 Å². The normalized spacial score (nSPS) is 10.9. The summed E-state index contributed by atoms with van der Waals surface area (Å²) in [7, 11) is 1.60. The molecule has 0 aliphatic heterocycles. The fraction of sp³-hybridized carbons (Fsp3) is 0.233. The van der Waals surface area contributed by atoms with Gasteiger partial charge in [0.25, 0.3) is 11.4 Å². The van der Waals surface area contributed by atoms with Crippen LogP contribution in [0.25, 0.3) is 22.5 Å². The Kier molecular flexibility index (Phi) is 9.12. The van der Waals surface area contributed by atoms with Crippen LogP contribution < -0.4 is 25.1 Å². The van der Waals surface area contributed by atoms with E-state index in [1.165, 1.54) is 4.68 Å². The third kappa shape index (κ3) is 6.28. The zero-order chi connectivity index (χ0) is 29.5. The summed E-state index contributed by atoms with van der Waals surface area (Å²) in [5, 5.41) is 22.3. The topological polar surface area (TPSA) is 129 Å². The van der Waals surface area contributed by atoms with E-state index in [1.807, 2.05) is 80.6 Å². The molecule has 0 fully saturated rings. The number of tetrazole rings is 1. The fourth-order valence-electron chi connectivity index (χ4n) is 4.48. The Morgan fingerprint density at radius 2 is 1.67 bits per heavy atom. The maximum absolute atomic E-state index is 13.3. The summed E-state index contributed by atoms with van der Waals surface area (Å²) < 4.78 is 18.6. The summed E-state index contributed by atoms with van der Waals surface area (Å²) in [6.07, 6.45) is 0. The Balaban J connectivity index is 1.37.